The zero-order valence-corrected chi connectivity index (χ0v) is 15.8. The van der Waals surface area contributed by atoms with Crippen LogP contribution in [0.5, 0.6) is 0 Å². The molecule has 2 saturated heterocycles. The van der Waals surface area contributed by atoms with E-state index in [9.17, 15) is 0 Å². The molecule has 2 aliphatic rings. The Labute approximate surface area is 159 Å². The fraction of sp³-hybridized carbons (Fsp3) is 0.632. The largest absolute Gasteiger partial charge is 0.379 e. The van der Waals surface area contributed by atoms with Gasteiger partial charge in [0.2, 0.25) is 5.95 Å². The molecule has 0 radical (unpaired) electrons. The first-order valence-corrected chi connectivity index (χ1v) is 9.76. The van der Waals surface area contributed by atoms with Gasteiger partial charge in [0, 0.05) is 38.5 Å². The first-order chi connectivity index (χ1) is 13.3. The predicted molar refractivity (Wildman–Crippen MR) is 101 cm³/mol. The highest BCUT2D eigenvalue weighted by molar-refractivity contribution is 5.61. The van der Waals surface area contributed by atoms with Crippen molar-refractivity contribution in [3.8, 4) is 11.3 Å². The zero-order chi connectivity index (χ0) is 18.5. The topological polar surface area (TPSA) is 85.5 Å². The van der Waals surface area contributed by atoms with Crippen LogP contribution in [0, 0.1) is 6.92 Å². The Hall–Kier alpha value is -2.03. The van der Waals surface area contributed by atoms with Crippen LogP contribution >= 0.6 is 0 Å². The average molecular weight is 373 g/mol. The second-order valence-corrected chi connectivity index (χ2v) is 7.06. The van der Waals surface area contributed by atoms with Crippen LogP contribution in [0.2, 0.25) is 0 Å². The molecule has 8 nitrogen and oxygen atoms in total. The van der Waals surface area contributed by atoms with Crippen molar-refractivity contribution in [2.24, 2.45) is 0 Å². The number of hydrogen-bond donors (Lipinski definition) is 1. The lowest BCUT2D eigenvalue weighted by atomic mass is 10.1. The molecule has 2 fully saturated rings. The third-order valence-electron chi connectivity index (χ3n) is 4.98. The second-order valence-electron chi connectivity index (χ2n) is 7.06. The van der Waals surface area contributed by atoms with Crippen LogP contribution in [0.4, 0.5) is 5.95 Å². The van der Waals surface area contributed by atoms with Crippen LogP contribution in [-0.4, -0.2) is 66.0 Å². The van der Waals surface area contributed by atoms with Crippen LogP contribution in [0.1, 0.15) is 36.8 Å². The molecule has 146 valence electrons. The molecular weight excluding hydrogens is 346 g/mol. The van der Waals surface area contributed by atoms with E-state index in [0.29, 0.717) is 11.7 Å². The molecule has 4 heterocycles. The van der Waals surface area contributed by atoms with Crippen LogP contribution < -0.4 is 5.32 Å². The Balaban J connectivity index is 1.41. The molecule has 0 aromatic carbocycles. The summed E-state index contributed by atoms with van der Waals surface area (Å²) in [5.74, 6) is 1.33. The van der Waals surface area contributed by atoms with Gasteiger partial charge in [0.25, 0.3) is 0 Å². The van der Waals surface area contributed by atoms with Crippen molar-refractivity contribution in [2.75, 3.05) is 51.3 Å². The monoisotopic (exact) mass is 373 g/mol. The van der Waals surface area contributed by atoms with Crippen molar-refractivity contribution in [2.45, 2.75) is 32.3 Å². The molecule has 4 rings (SSSR count). The molecule has 0 bridgehead atoms. The molecule has 8 heteroatoms. The van der Waals surface area contributed by atoms with Gasteiger partial charge in [-0.3, -0.25) is 4.90 Å². The van der Waals surface area contributed by atoms with Gasteiger partial charge in [-0.1, -0.05) is 5.16 Å². The normalized spacial score (nSPS) is 20.9. The quantitative estimate of drug-likeness (QED) is 0.741. The SMILES string of the molecule is Cc1cc(-c2cnc(NCCCN3CCOCC3)nc2[C@H]2CCCO2)on1. The van der Waals surface area contributed by atoms with Crippen molar-refractivity contribution in [1.29, 1.82) is 0 Å². The molecule has 2 aromatic heterocycles. The maximum absolute atomic E-state index is 5.87. The summed E-state index contributed by atoms with van der Waals surface area (Å²) in [6.45, 7) is 8.28. The minimum Gasteiger partial charge on any atom is -0.379 e. The van der Waals surface area contributed by atoms with Crippen molar-refractivity contribution >= 4 is 5.95 Å². The van der Waals surface area contributed by atoms with Crippen LogP contribution in [-0.2, 0) is 9.47 Å². The molecule has 0 saturated carbocycles. The summed E-state index contributed by atoms with van der Waals surface area (Å²) in [7, 11) is 0. The van der Waals surface area contributed by atoms with E-state index in [1.54, 1.807) is 0 Å². The van der Waals surface area contributed by atoms with Gasteiger partial charge in [-0.15, -0.1) is 0 Å². The predicted octanol–water partition coefficient (Wildman–Crippen LogP) is 2.43. The summed E-state index contributed by atoms with van der Waals surface area (Å²) >= 11 is 0. The Morgan fingerprint density at radius 2 is 2.15 bits per heavy atom. The summed E-state index contributed by atoms with van der Waals surface area (Å²) in [5.41, 5.74) is 2.59. The fourth-order valence-corrected chi connectivity index (χ4v) is 3.53. The van der Waals surface area contributed by atoms with E-state index in [1.807, 2.05) is 19.2 Å². The number of nitrogens with zero attached hydrogens (tertiary/aromatic N) is 4. The van der Waals surface area contributed by atoms with Crippen molar-refractivity contribution < 1.29 is 14.0 Å². The molecule has 1 N–H and O–H groups in total. The van der Waals surface area contributed by atoms with Gasteiger partial charge in [0.15, 0.2) is 5.76 Å². The van der Waals surface area contributed by atoms with E-state index in [0.717, 1.165) is 82.2 Å². The lowest BCUT2D eigenvalue weighted by Crippen LogP contribution is -2.37. The van der Waals surface area contributed by atoms with Crippen molar-refractivity contribution in [1.82, 2.24) is 20.0 Å². The van der Waals surface area contributed by atoms with E-state index < -0.39 is 0 Å². The molecular formula is C19H27N5O3. The molecule has 0 aliphatic carbocycles. The van der Waals surface area contributed by atoms with Gasteiger partial charge in [0.1, 0.15) is 6.10 Å². The number of aromatic nitrogens is 3. The maximum Gasteiger partial charge on any atom is 0.222 e. The zero-order valence-electron chi connectivity index (χ0n) is 15.8. The maximum atomic E-state index is 5.87. The van der Waals surface area contributed by atoms with Gasteiger partial charge in [-0.25, -0.2) is 9.97 Å². The lowest BCUT2D eigenvalue weighted by molar-refractivity contribution is 0.0378. The van der Waals surface area contributed by atoms with Crippen molar-refractivity contribution in [3.05, 3.63) is 23.7 Å². The minimum atomic E-state index is -0.0118. The molecule has 0 spiro atoms. The number of hydrogen-bond acceptors (Lipinski definition) is 8. The number of rotatable bonds is 7. The standard InChI is InChI=1S/C19H27N5O3/c1-14-12-17(27-23-14)15-13-21-19(22-18(15)16-4-2-9-26-16)20-5-3-6-24-7-10-25-11-8-24/h12-13,16H,2-11H2,1H3,(H,20,21,22)/t16-/m1/s1. The number of morpholine rings is 1. The molecule has 0 amide bonds. The summed E-state index contributed by atoms with van der Waals surface area (Å²) in [6.07, 6.45) is 4.86. The van der Waals surface area contributed by atoms with Crippen LogP contribution in [0.3, 0.4) is 0 Å². The Bertz CT molecular complexity index is 739. The number of ether oxygens (including phenoxy) is 2. The number of anilines is 1. The van der Waals surface area contributed by atoms with Crippen LogP contribution in [0.15, 0.2) is 16.8 Å². The third-order valence-corrected chi connectivity index (χ3v) is 4.98. The average Bonchev–Trinajstić information content (AvgIpc) is 3.38. The highest BCUT2D eigenvalue weighted by Gasteiger charge is 2.25. The van der Waals surface area contributed by atoms with Gasteiger partial charge in [-0.05, 0) is 32.7 Å². The smallest absolute Gasteiger partial charge is 0.222 e. The fourth-order valence-electron chi connectivity index (χ4n) is 3.53. The van der Waals surface area contributed by atoms with E-state index in [4.69, 9.17) is 19.0 Å². The highest BCUT2D eigenvalue weighted by Crippen LogP contribution is 2.34. The Morgan fingerprint density at radius 3 is 2.89 bits per heavy atom. The molecule has 27 heavy (non-hydrogen) atoms. The van der Waals surface area contributed by atoms with Crippen LogP contribution in [0.25, 0.3) is 11.3 Å². The summed E-state index contributed by atoms with van der Waals surface area (Å²) in [5, 5.41) is 7.34. The second kappa shape index (κ2) is 8.77. The Kier molecular flexibility index (Phi) is 5.96. The van der Waals surface area contributed by atoms with Crippen molar-refractivity contribution in [3.63, 3.8) is 0 Å². The first kappa shape index (κ1) is 18.3. The number of aryl methyl sites for hydroxylation is 1. The van der Waals surface area contributed by atoms with E-state index in [2.05, 4.69) is 20.4 Å². The molecule has 2 aliphatic heterocycles. The highest BCUT2D eigenvalue weighted by atomic mass is 16.5. The first-order valence-electron chi connectivity index (χ1n) is 9.76. The van der Waals surface area contributed by atoms with Gasteiger partial charge in [-0.2, -0.15) is 0 Å². The third kappa shape index (κ3) is 4.63. The summed E-state index contributed by atoms with van der Waals surface area (Å²) < 4.78 is 16.7. The molecule has 1 atom stereocenters. The van der Waals surface area contributed by atoms with Gasteiger partial charge >= 0.3 is 0 Å². The van der Waals surface area contributed by atoms with E-state index in [1.165, 1.54) is 0 Å². The molecule has 2 aromatic rings. The van der Waals surface area contributed by atoms with E-state index >= 15 is 0 Å². The van der Waals surface area contributed by atoms with E-state index in [-0.39, 0.29) is 6.10 Å². The summed E-state index contributed by atoms with van der Waals surface area (Å²) in [6, 6.07) is 1.91. The minimum absolute atomic E-state index is 0.0118. The number of nitrogens with one attached hydrogen (secondary N) is 1. The molecule has 0 unspecified atom stereocenters. The van der Waals surface area contributed by atoms with Gasteiger partial charge < -0.3 is 19.3 Å². The Morgan fingerprint density at radius 1 is 1.26 bits per heavy atom. The van der Waals surface area contributed by atoms with Gasteiger partial charge in [0.05, 0.1) is 30.2 Å². The summed E-state index contributed by atoms with van der Waals surface area (Å²) in [4.78, 5) is 11.7. The lowest BCUT2D eigenvalue weighted by Gasteiger charge is -2.26.